The number of carbonyl (C=O) groups excluding carboxylic acids is 1. The number of hydrogen-bond acceptors (Lipinski definition) is 3. The van der Waals surface area contributed by atoms with Crippen LogP contribution in [0.4, 0.5) is 24.5 Å². The van der Waals surface area contributed by atoms with Crippen molar-refractivity contribution in [2.24, 2.45) is 0 Å². The standard InChI is InChI=1S/C19H20F3N3O/c1-13(19(26)23-17-7-6-14(20)12-16(17)22)24-8-10-25(11-9-24)18-5-3-2-4-15(18)21/h2-7,12-13H,8-11H2,1H3,(H,23,26)/t13-/m0/s1. The van der Waals surface area contributed by atoms with Gasteiger partial charge in [0.15, 0.2) is 0 Å². The van der Waals surface area contributed by atoms with E-state index in [2.05, 4.69) is 5.32 Å². The van der Waals surface area contributed by atoms with E-state index >= 15 is 0 Å². The number of carbonyl (C=O) groups is 1. The lowest BCUT2D eigenvalue weighted by Crippen LogP contribution is -2.53. The molecule has 1 amide bonds. The molecule has 4 nitrogen and oxygen atoms in total. The second-order valence-electron chi connectivity index (χ2n) is 6.26. The maximum Gasteiger partial charge on any atom is 0.241 e. The Labute approximate surface area is 150 Å². The number of rotatable bonds is 4. The van der Waals surface area contributed by atoms with E-state index in [1.54, 1.807) is 25.1 Å². The average molecular weight is 363 g/mol. The molecule has 1 aliphatic heterocycles. The number of nitrogens with zero attached hydrogens (tertiary/aromatic N) is 2. The summed E-state index contributed by atoms with van der Waals surface area (Å²) in [5.41, 5.74) is 0.505. The molecular formula is C19H20F3N3O. The van der Waals surface area contributed by atoms with Gasteiger partial charge in [0.05, 0.1) is 17.4 Å². The van der Waals surface area contributed by atoms with Crippen molar-refractivity contribution in [3.8, 4) is 0 Å². The predicted octanol–water partition coefficient (Wildman–Crippen LogP) is 3.25. The maximum atomic E-state index is 13.9. The van der Waals surface area contributed by atoms with Crippen LogP contribution in [0.2, 0.25) is 0 Å². The lowest BCUT2D eigenvalue weighted by Gasteiger charge is -2.38. The zero-order chi connectivity index (χ0) is 18.7. The zero-order valence-corrected chi connectivity index (χ0v) is 14.4. The minimum Gasteiger partial charge on any atom is -0.367 e. The van der Waals surface area contributed by atoms with Gasteiger partial charge in [-0.2, -0.15) is 0 Å². The van der Waals surface area contributed by atoms with E-state index in [9.17, 15) is 18.0 Å². The number of halogens is 3. The van der Waals surface area contributed by atoms with Crippen molar-refractivity contribution in [1.82, 2.24) is 4.90 Å². The Morgan fingerprint density at radius 2 is 1.69 bits per heavy atom. The van der Waals surface area contributed by atoms with Crippen molar-refractivity contribution in [3.05, 3.63) is 59.9 Å². The topological polar surface area (TPSA) is 35.6 Å². The molecule has 1 aliphatic rings. The number of nitrogens with one attached hydrogen (secondary N) is 1. The second-order valence-corrected chi connectivity index (χ2v) is 6.26. The second kappa shape index (κ2) is 7.78. The summed E-state index contributed by atoms with van der Waals surface area (Å²) >= 11 is 0. The summed E-state index contributed by atoms with van der Waals surface area (Å²) in [6, 6.07) is 9.14. The fourth-order valence-corrected chi connectivity index (χ4v) is 3.05. The van der Waals surface area contributed by atoms with E-state index in [0.29, 0.717) is 31.9 Å². The first-order valence-electron chi connectivity index (χ1n) is 8.45. The van der Waals surface area contributed by atoms with Gasteiger partial charge in [0.2, 0.25) is 5.91 Å². The summed E-state index contributed by atoms with van der Waals surface area (Å²) in [6.07, 6.45) is 0. The third-order valence-electron chi connectivity index (χ3n) is 4.62. The first-order chi connectivity index (χ1) is 12.5. The van der Waals surface area contributed by atoms with Crippen LogP contribution in [0.25, 0.3) is 0 Å². The van der Waals surface area contributed by atoms with Gasteiger partial charge in [-0.3, -0.25) is 9.69 Å². The Bertz CT molecular complexity index is 791. The number of para-hydroxylation sites is 1. The molecule has 7 heteroatoms. The molecule has 0 saturated carbocycles. The monoisotopic (exact) mass is 363 g/mol. The van der Waals surface area contributed by atoms with Crippen molar-refractivity contribution in [2.45, 2.75) is 13.0 Å². The van der Waals surface area contributed by atoms with Gasteiger partial charge in [0.1, 0.15) is 17.5 Å². The molecule has 0 unspecified atom stereocenters. The Morgan fingerprint density at radius 1 is 1.00 bits per heavy atom. The normalized spacial score (nSPS) is 16.4. The minimum absolute atomic E-state index is 0.0479. The molecule has 138 valence electrons. The third-order valence-corrected chi connectivity index (χ3v) is 4.62. The summed E-state index contributed by atoms with van der Waals surface area (Å²) in [5.74, 6) is -2.14. The molecule has 0 spiro atoms. The number of anilines is 2. The van der Waals surface area contributed by atoms with E-state index < -0.39 is 17.7 Å². The van der Waals surface area contributed by atoms with Crippen LogP contribution in [0, 0.1) is 17.5 Å². The van der Waals surface area contributed by atoms with Crippen LogP contribution >= 0.6 is 0 Å². The molecule has 1 fully saturated rings. The van der Waals surface area contributed by atoms with Gasteiger partial charge in [-0.25, -0.2) is 13.2 Å². The number of piperazine rings is 1. The van der Waals surface area contributed by atoms with Gasteiger partial charge in [-0.05, 0) is 31.2 Å². The number of amides is 1. The first kappa shape index (κ1) is 18.3. The Balaban J connectivity index is 1.58. The number of benzene rings is 2. The molecule has 1 saturated heterocycles. The van der Waals surface area contributed by atoms with E-state index in [1.807, 2.05) is 9.80 Å². The van der Waals surface area contributed by atoms with Crippen LogP contribution in [0.1, 0.15) is 6.92 Å². The van der Waals surface area contributed by atoms with Crippen molar-refractivity contribution in [2.75, 3.05) is 36.4 Å². The molecule has 0 aliphatic carbocycles. The quantitative estimate of drug-likeness (QED) is 0.906. The molecule has 0 bridgehead atoms. The van der Waals surface area contributed by atoms with E-state index in [1.165, 1.54) is 12.1 Å². The zero-order valence-electron chi connectivity index (χ0n) is 14.4. The fraction of sp³-hybridized carbons (Fsp3) is 0.316. The molecular weight excluding hydrogens is 343 g/mol. The molecule has 1 atom stereocenters. The minimum atomic E-state index is -0.810. The summed E-state index contributed by atoms with van der Waals surface area (Å²) < 4.78 is 40.5. The summed E-state index contributed by atoms with van der Waals surface area (Å²) in [7, 11) is 0. The SMILES string of the molecule is C[C@@H](C(=O)Nc1ccc(F)cc1F)N1CCN(c2ccccc2F)CC1. The van der Waals surface area contributed by atoms with Crippen molar-refractivity contribution in [3.63, 3.8) is 0 Å². The van der Waals surface area contributed by atoms with Crippen LogP contribution < -0.4 is 10.2 Å². The maximum absolute atomic E-state index is 13.9. The van der Waals surface area contributed by atoms with Crippen LogP contribution in [-0.2, 0) is 4.79 Å². The van der Waals surface area contributed by atoms with Gasteiger partial charge >= 0.3 is 0 Å². The predicted molar refractivity (Wildman–Crippen MR) is 94.6 cm³/mol. The van der Waals surface area contributed by atoms with E-state index in [4.69, 9.17) is 0 Å². The van der Waals surface area contributed by atoms with Crippen LogP contribution in [0.3, 0.4) is 0 Å². The van der Waals surface area contributed by atoms with Crippen LogP contribution in [-0.4, -0.2) is 43.0 Å². The van der Waals surface area contributed by atoms with Crippen molar-refractivity contribution in [1.29, 1.82) is 0 Å². The Kier molecular flexibility index (Phi) is 5.46. The van der Waals surface area contributed by atoms with Crippen LogP contribution in [0.15, 0.2) is 42.5 Å². The highest BCUT2D eigenvalue weighted by Crippen LogP contribution is 2.21. The average Bonchev–Trinajstić information content (AvgIpc) is 2.64. The molecule has 1 N–H and O–H groups in total. The highest BCUT2D eigenvalue weighted by Gasteiger charge is 2.27. The molecule has 0 radical (unpaired) electrons. The highest BCUT2D eigenvalue weighted by molar-refractivity contribution is 5.94. The molecule has 2 aromatic carbocycles. The summed E-state index contributed by atoms with van der Waals surface area (Å²) in [6.45, 7) is 4.06. The summed E-state index contributed by atoms with van der Waals surface area (Å²) in [5, 5.41) is 2.49. The van der Waals surface area contributed by atoms with Gasteiger partial charge in [0, 0.05) is 32.2 Å². The van der Waals surface area contributed by atoms with Crippen molar-refractivity contribution >= 4 is 17.3 Å². The highest BCUT2D eigenvalue weighted by atomic mass is 19.1. The van der Waals surface area contributed by atoms with E-state index in [-0.39, 0.29) is 17.4 Å². The molecule has 3 rings (SSSR count). The lowest BCUT2D eigenvalue weighted by atomic mass is 10.2. The van der Waals surface area contributed by atoms with Gasteiger partial charge in [-0.15, -0.1) is 0 Å². The number of hydrogen-bond donors (Lipinski definition) is 1. The van der Waals surface area contributed by atoms with E-state index in [0.717, 1.165) is 12.1 Å². The Morgan fingerprint density at radius 3 is 2.35 bits per heavy atom. The fourth-order valence-electron chi connectivity index (χ4n) is 3.05. The lowest BCUT2D eigenvalue weighted by molar-refractivity contribution is -0.120. The molecule has 0 aromatic heterocycles. The Hall–Kier alpha value is -2.54. The van der Waals surface area contributed by atoms with Crippen molar-refractivity contribution < 1.29 is 18.0 Å². The molecule has 1 heterocycles. The largest absolute Gasteiger partial charge is 0.367 e. The summed E-state index contributed by atoms with van der Waals surface area (Å²) in [4.78, 5) is 16.3. The first-order valence-corrected chi connectivity index (χ1v) is 8.45. The smallest absolute Gasteiger partial charge is 0.241 e. The van der Waals surface area contributed by atoms with Gasteiger partial charge in [-0.1, -0.05) is 12.1 Å². The molecule has 2 aromatic rings. The third kappa shape index (κ3) is 3.99. The van der Waals surface area contributed by atoms with Crippen LogP contribution in [0.5, 0.6) is 0 Å². The molecule has 26 heavy (non-hydrogen) atoms. The van der Waals surface area contributed by atoms with Gasteiger partial charge in [0.25, 0.3) is 0 Å². The van der Waals surface area contributed by atoms with Gasteiger partial charge < -0.3 is 10.2 Å².